The van der Waals surface area contributed by atoms with Crippen LogP contribution in [0.25, 0.3) is 126 Å². The molecule has 0 spiro atoms. The normalized spacial score (nSPS) is 12.5. The lowest BCUT2D eigenvalue weighted by Crippen LogP contribution is -2.03. The van der Waals surface area contributed by atoms with Gasteiger partial charge in [0.05, 0.1) is 27.7 Å². The molecule has 5 nitrogen and oxygen atoms in total. The van der Waals surface area contributed by atoms with Crippen LogP contribution in [0.2, 0.25) is 0 Å². The van der Waals surface area contributed by atoms with E-state index < -0.39 is 0 Å². The third kappa shape index (κ3) is 6.35. The fourth-order valence-corrected chi connectivity index (χ4v) is 10.1. The molecule has 314 valence electrons. The zero-order valence-corrected chi connectivity index (χ0v) is 36.6. The van der Waals surface area contributed by atoms with Crippen LogP contribution in [0.3, 0.4) is 0 Å². The maximum absolute atomic E-state index is 7.17. The Morgan fingerprint density at radius 2 is 1.03 bits per heavy atom. The highest BCUT2D eigenvalue weighted by molar-refractivity contribution is 6.21. The zero-order valence-electron chi connectivity index (χ0n) is 36.6. The molecule has 0 aliphatic rings. The zero-order chi connectivity index (χ0) is 44.6. The summed E-state index contributed by atoms with van der Waals surface area (Å²) in [6.45, 7) is 6.10. The van der Waals surface area contributed by atoms with Crippen LogP contribution in [0.1, 0.15) is 18.3 Å². The first-order chi connectivity index (χ1) is 33.1. The van der Waals surface area contributed by atoms with Crippen LogP contribution in [0.4, 0.5) is 0 Å². The van der Waals surface area contributed by atoms with E-state index in [0.717, 1.165) is 82.5 Å². The van der Waals surface area contributed by atoms with E-state index in [1.54, 1.807) is 0 Å². The molecule has 3 heterocycles. The number of fused-ring (bicyclic) bond motifs is 10. The van der Waals surface area contributed by atoms with Crippen molar-refractivity contribution in [1.29, 1.82) is 0 Å². The average Bonchev–Trinajstić information content (AvgIpc) is 3.90. The van der Waals surface area contributed by atoms with Crippen LogP contribution >= 0.6 is 0 Å². The van der Waals surface area contributed by atoms with E-state index in [0.29, 0.717) is 23.1 Å². The average molecular weight is 857 g/mol. The third-order valence-corrected chi connectivity index (χ3v) is 13.2. The molecule has 0 atom stereocenters. The number of aromatic nitrogens is 4. The van der Waals surface area contributed by atoms with Gasteiger partial charge in [-0.3, -0.25) is 0 Å². The van der Waals surface area contributed by atoms with Gasteiger partial charge in [-0.1, -0.05) is 164 Å². The van der Waals surface area contributed by atoms with Crippen molar-refractivity contribution < 1.29 is 4.42 Å². The Labute approximate surface area is 385 Å². The van der Waals surface area contributed by atoms with E-state index in [4.69, 9.17) is 19.4 Å². The number of rotatable bonds is 7. The van der Waals surface area contributed by atoms with E-state index in [-0.39, 0.29) is 0 Å². The molecule has 3 aromatic heterocycles. The lowest BCUT2D eigenvalue weighted by Gasteiger charge is -2.14. The van der Waals surface area contributed by atoms with E-state index >= 15 is 0 Å². The standard InChI is InChI=1S/C62H40N4O/c1-3-16-41(39-17-5-4-6-18-39)31-38(2)60-63-61(49-28-15-26-40-19-13-14-27-48(40)49)65-62(64-60)50-29-30-54(58-53-34-44-22-9-12-25-47(44)37-57(53)67-59(50)58)66-55-35-45-23-10-7-20-42(45)32-51(55)52-33-43-21-8-11-24-46(43)36-56(52)66/h3-37H,1H2,2H3/b38-31+,41-16+. The molecule has 0 bridgehead atoms. The first-order valence-corrected chi connectivity index (χ1v) is 22.6. The van der Waals surface area contributed by atoms with Crippen molar-refractivity contribution in [3.8, 4) is 28.5 Å². The van der Waals surface area contributed by atoms with Gasteiger partial charge in [-0.25, -0.2) is 15.0 Å². The maximum Gasteiger partial charge on any atom is 0.167 e. The highest BCUT2D eigenvalue weighted by atomic mass is 16.3. The van der Waals surface area contributed by atoms with E-state index in [1.165, 1.54) is 32.3 Å². The lowest BCUT2D eigenvalue weighted by atomic mass is 10.0. The number of furan rings is 1. The maximum atomic E-state index is 7.17. The molecule has 0 N–H and O–H groups in total. The molecule has 13 rings (SSSR count). The summed E-state index contributed by atoms with van der Waals surface area (Å²) in [5.74, 6) is 1.67. The van der Waals surface area contributed by atoms with Crippen LogP contribution in [0.5, 0.6) is 0 Å². The summed E-state index contributed by atoms with van der Waals surface area (Å²) in [6, 6.07) is 68.9. The van der Waals surface area contributed by atoms with Gasteiger partial charge >= 0.3 is 0 Å². The van der Waals surface area contributed by atoms with Gasteiger partial charge in [-0.2, -0.15) is 0 Å². The van der Waals surface area contributed by atoms with Gasteiger partial charge < -0.3 is 8.98 Å². The lowest BCUT2D eigenvalue weighted by molar-refractivity contribution is 0.670. The summed E-state index contributed by atoms with van der Waals surface area (Å²) in [6.07, 6.45) is 5.97. The molecule has 5 heteroatoms. The fraction of sp³-hybridized carbons (Fsp3) is 0.0161. The number of benzene rings is 10. The summed E-state index contributed by atoms with van der Waals surface area (Å²) >= 11 is 0. The molecule has 0 fully saturated rings. The van der Waals surface area contributed by atoms with Crippen molar-refractivity contribution in [2.45, 2.75) is 6.92 Å². The molecule has 13 aromatic rings. The summed E-state index contributed by atoms with van der Waals surface area (Å²) < 4.78 is 9.61. The Kier molecular flexibility index (Phi) is 8.83. The predicted octanol–water partition coefficient (Wildman–Crippen LogP) is 16.5. The van der Waals surface area contributed by atoms with Gasteiger partial charge in [-0.15, -0.1) is 0 Å². The van der Waals surface area contributed by atoms with E-state index in [2.05, 4.69) is 200 Å². The molecular weight excluding hydrogens is 817 g/mol. The summed E-state index contributed by atoms with van der Waals surface area (Å²) in [4.78, 5) is 16.0. The molecule has 10 aromatic carbocycles. The number of allylic oxidation sites excluding steroid dienone is 5. The molecule has 0 amide bonds. The summed E-state index contributed by atoms with van der Waals surface area (Å²) in [7, 11) is 0. The van der Waals surface area contributed by atoms with Gasteiger partial charge in [0.15, 0.2) is 17.5 Å². The quantitative estimate of drug-likeness (QED) is 0.150. The third-order valence-electron chi connectivity index (χ3n) is 13.2. The highest BCUT2D eigenvalue weighted by Gasteiger charge is 2.24. The van der Waals surface area contributed by atoms with E-state index in [1.807, 2.05) is 30.4 Å². The van der Waals surface area contributed by atoms with Crippen molar-refractivity contribution in [2.24, 2.45) is 0 Å². The molecular formula is C62H40N4O. The Morgan fingerprint density at radius 3 is 1.67 bits per heavy atom. The monoisotopic (exact) mass is 856 g/mol. The predicted molar refractivity (Wildman–Crippen MR) is 281 cm³/mol. The minimum Gasteiger partial charge on any atom is -0.455 e. The summed E-state index contributed by atoms with van der Waals surface area (Å²) in [5.41, 5.74) is 9.42. The Balaban J connectivity index is 1.13. The molecule has 0 saturated carbocycles. The number of nitrogens with zero attached hydrogens (tertiary/aromatic N) is 4. The number of hydrogen-bond acceptors (Lipinski definition) is 4. The van der Waals surface area contributed by atoms with Crippen LogP contribution in [-0.4, -0.2) is 19.5 Å². The van der Waals surface area contributed by atoms with Crippen molar-refractivity contribution in [3.05, 3.63) is 230 Å². The first-order valence-electron chi connectivity index (χ1n) is 22.6. The second kappa shape index (κ2) is 15.4. The minimum absolute atomic E-state index is 0.522. The van der Waals surface area contributed by atoms with Crippen LogP contribution < -0.4 is 0 Å². The van der Waals surface area contributed by atoms with Crippen molar-refractivity contribution in [1.82, 2.24) is 19.5 Å². The molecule has 0 aliphatic carbocycles. The molecule has 0 saturated heterocycles. The van der Waals surface area contributed by atoms with Crippen LogP contribution in [0, 0.1) is 0 Å². The minimum atomic E-state index is 0.522. The number of hydrogen-bond donors (Lipinski definition) is 0. The summed E-state index contributed by atoms with van der Waals surface area (Å²) in [5, 5.41) is 13.6. The molecule has 0 aliphatic heterocycles. The van der Waals surface area contributed by atoms with Gasteiger partial charge in [-0.05, 0) is 121 Å². The largest absolute Gasteiger partial charge is 0.455 e. The van der Waals surface area contributed by atoms with Gasteiger partial charge in [0.2, 0.25) is 0 Å². The molecule has 0 radical (unpaired) electrons. The van der Waals surface area contributed by atoms with Gasteiger partial charge in [0.1, 0.15) is 11.2 Å². The van der Waals surface area contributed by atoms with Crippen molar-refractivity contribution in [3.63, 3.8) is 0 Å². The van der Waals surface area contributed by atoms with E-state index in [9.17, 15) is 0 Å². The fourth-order valence-electron chi connectivity index (χ4n) is 10.1. The molecule has 67 heavy (non-hydrogen) atoms. The highest BCUT2D eigenvalue weighted by Crippen LogP contribution is 2.45. The van der Waals surface area contributed by atoms with Crippen molar-refractivity contribution >= 4 is 98.0 Å². The Hall–Kier alpha value is -8.93. The Morgan fingerprint density at radius 1 is 0.493 bits per heavy atom. The first kappa shape index (κ1) is 38.5. The SMILES string of the molecule is C=C/C=C(\C=C(/C)c1nc(-c2cccc3ccccc23)nc(-c2ccc(-n3c4cc5ccccc5cc4c4cc5ccccc5cc43)c3c2oc2cc4ccccc4cc23)n1)c1ccccc1. The second-order valence-electron chi connectivity index (χ2n) is 17.3. The van der Waals surface area contributed by atoms with Crippen LogP contribution in [-0.2, 0) is 0 Å². The van der Waals surface area contributed by atoms with Crippen molar-refractivity contribution in [2.75, 3.05) is 0 Å². The second-order valence-corrected chi connectivity index (χ2v) is 17.3. The smallest absolute Gasteiger partial charge is 0.167 e. The van der Waals surface area contributed by atoms with Gasteiger partial charge in [0, 0.05) is 21.7 Å². The Bertz CT molecular complexity index is 4150. The topological polar surface area (TPSA) is 56.7 Å². The molecule has 0 unspecified atom stereocenters. The van der Waals surface area contributed by atoms with Crippen LogP contribution in [0.15, 0.2) is 223 Å². The van der Waals surface area contributed by atoms with Gasteiger partial charge in [0.25, 0.3) is 0 Å².